The molecule has 2 rings (SSSR count). The van der Waals surface area contributed by atoms with Gasteiger partial charge in [0.1, 0.15) is 5.52 Å². The third kappa shape index (κ3) is 1.76. The van der Waals surface area contributed by atoms with Crippen molar-refractivity contribution in [3.63, 3.8) is 0 Å². The first-order valence-electron chi connectivity index (χ1n) is 4.22. The molecule has 5 heteroatoms. The summed E-state index contributed by atoms with van der Waals surface area (Å²) in [5, 5.41) is 0.964. The molecule has 2 heterocycles. The van der Waals surface area contributed by atoms with Gasteiger partial charge >= 0.3 is 5.97 Å². The molecule has 0 aliphatic carbocycles. The second-order valence-corrected chi connectivity index (χ2v) is 3.22. The van der Waals surface area contributed by atoms with Crippen LogP contribution in [-0.2, 0) is 4.74 Å². The van der Waals surface area contributed by atoms with Gasteiger partial charge in [-0.3, -0.25) is 4.98 Å². The maximum absolute atomic E-state index is 11.2. The predicted molar refractivity (Wildman–Crippen MR) is 55.9 cm³/mol. The van der Waals surface area contributed by atoms with Crippen molar-refractivity contribution < 1.29 is 9.53 Å². The number of carbonyl (C=O) groups is 1. The van der Waals surface area contributed by atoms with Gasteiger partial charge in [-0.05, 0) is 12.1 Å². The van der Waals surface area contributed by atoms with Gasteiger partial charge in [0.2, 0.25) is 0 Å². The number of hydrogen-bond donors (Lipinski definition) is 0. The van der Waals surface area contributed by atoms with E-state index in [4.69, 9.17) is 11.6 Å². The van der Waals surface area contributed by atoms with Crippen molar-refractivity contribution in [1.82, 2.24) is 9.97 Å². The molecule has 0 amide bonds. The van der Waals surface area contributed by atoms with Crippen LogP contribution in [0.3, 0.4) is 0 Å². The zero-order valence-corrected chi connectivity index (χ0v) is 8.65. The van der Waals surface area contributed by atoms with Crippen molar-refractivity contribution in [3.8, 4) is 0 Å². The van der Waals surface area contributed by atoms with Crippen molar-refractivity contribution in [2.24, 2.45) is 0 Å². The van der Waals surface area contributed by atoms with Crippen molar-refractivity contribution in [3.05, 3.63) is 35.2 Å². The minimum absolute atomic E-state index is 0.183. The van der Waals surface area contributed by atoms with Gasteiger partial charge in [0, 0.05) is 11.6 Å². The Kier molecular flexibility index (Phi) is 2.51. The summed E-state index contributed by atoms with van der Waals surface area (Å²) in [5.41, 5.74) is 0.759. The number of rotatable bonds is 1. The first kappa shape index (κ1) is 9.86. The quantitative estimate of drug-likeness (QED) is 0.548. The number of carbonyl (C=O) groups excluding carboxylic acids is 1. The lowest BCUT2D eigenvalue weighted by Crippen LogP contribution is -2.04. The van der Waals surface area contributed by atoms with Crippen LogP contribution in [0.15, 0.2) is 24.4 Å². The van der Waals surface area contributed by atoms with Gasteiger partial charge in [0.15, 0.2) is 10.8 Å². The average molecular weight is 223 g/mol. The lowest BCUT2D eigenvalue weighted by Gasteiger charge is -2.02. The third-order valence-electron chi connectivity index (χ3n) is 1.94. The number of aromatic nitrogens is 2. The number of fused-ring (bicyclic) bond motifs is 1. The molecule has 4 nitrogen and oxygen atoms in total. The first-order chi connectivity index (χ1) is 7.22. The van der Waals surface area contributed by atoms with Crippen LogP contribution in [0.4, 0.5) is 0 Å². The van der Waals surface area contributed by atoms with Crippen molar-refractivity contribution >= 4 is 28.5 Å². The van der Waals surface area contributed by atoms with Crippen LogP contribution in [0.5, 0.6) is 0 Å². The molecule has 0 bridgehead atoms. The highest BCUT2D eigenvalue weighted by atomic mass is 35.5. The van der Waals surface area contributed by atoms with E-state index in [0.717, 1.165) is 5.39 Å². The van der Waals surface area contributed by atoms with Gasteiger partial charge in [-0.25, -0.2) is 9.78 Å². The molecule has 0 atom stereocenters. The van der Waals surface area contributed by atoms with Gasteiger partial charge < -0.3 is 4.74 Å². The Labute approximate surface area is 90.9 Å². The molecule has 0 unspecified atom stereocenters. The van der Waals surface area contributed by atoms with E-state index in [9.17, 15) is 4.79 Å². The molecule has 0 radical (unpaired) electrons. The largest absolute Gasteiger partial charge is 0.464 e. The summed E-state index contributed by atoms with van der Waals surface area (Å²) in [5.74, 6) is -0.511. The minimum Gasteiger partial charge on any atom is -0.464 e. The van der Waals surface area contributed by atoms with Crippen LogP contribution in [-0.4, -0.2) is 23.0 Å². The van der Waals surface area contributed by atoms with E-state index in [1.54, 1.807) is 18.3 Å². The van der Waals surface area contributed by atoms with Gasteiger partial charge in [0.25, 0.3) is 0 Å². The molecule has 0 spiro atoms. The fourth-order valence-corrected chi connectivity index (χ4v) is 1.50. The van der Waals surface area contributed by atoms with Crippen LogP contribution in [0.1, 0.15) is 10.5 Å². The second kappa shape index (κ2) is 3.82. The molecule has 2 aromatic rings. The van der Waals surface area contributed by atoms with E-state index >= 15 is 0 Å². The highest BCUT2D eigenvalue weighted by molar-refractivity contribution is 6.34. The molecule has 0 saturated carbocycles. The lowest BCUT2D eigenvalue weighted by atomic mass is 10.2. The fourth-order valence-electron chi connectivity index (χ4n) is 1.25. The Morgan fingerprint density at radius 2 is 2.33 bits per heavy atom. The Balaban J connectivity index is 2.67. The van der Waals surface area contributed by atoms with Crippen LogP contribution in [0.25, 0.3) is 10.9 Å². The SMILES string of the molecule is COC(=O)c1cc2cccnc2c(Cl)n1. The zero-order valence-electron chi connectivity index (χ0n) is 7.90. The van der Waals surface area contributed by atoms with Crippen LogP contribution < -0.4 is 0 Å². The molecule has 15 heavy (non-hydrogen) atoms. The van der Waals surface area contributed by atoms with Crippen LogP contribution in [0, 0.1) is 0 Å². The maximum atomic E-state index is 11.2. The van der Waals surface area contributed by atoms with Crippen LogP contribution >= 0.6 is 11.6 Å². The number of methoxy groups -OCH3 is 1. The second-order valence-electron chi connectivity index (χ2n) is 2.87. The molecule has 0 N–H and O–H groups in total. The highest BCUT2D eigenvalue weighted by Crippen LogP contribution is 2.20. The molecule has 0 aliphatic heterocycles. The average Bonchev–Trinajstić information content (AvgIpc) is 2.28. The van der Waals surface area contributed by atoms with E-state index in [1.165, 1.54) is 7.11 Å². The zero-order chi connectivity index (χ0) is 10.8. The van der Waals surface area contributed by atoms with E-state index in [-0.39, 0.29) is 10.8 Å². The maximum Gasteiger partial charge on any atom is 0.356 e. The molecule has 0 aromatic carbocycles. The predicted octanol–water partition coefficient (Wildman–Crippen LogP) is 2.07. The van der Waals surface area contributed by atoms with Gasteiger partial charge in [0.05, 0.1) is 7.11 Å². The van der Waals surface area contributed by atoms with E-state index in [2.05, 4.69) is 14.7 Å². The molecular formula is C10H7ClN2O2. The van der Waals surface area contributed by atoms with E-state index < -0.39 is 5.97 Å². The Bertz CT molecular complexity index is 528. The summed E-state index contributed by atoms with van der Waals surface area (Å²) in [6.45, 7) is 0. The number of hydrogen-bond acceptors (Lipinski definition) is 4. The van der Waals surface area contributed by atoms with Gasteiger partial charge in [-0.1, -0.05) is 17.7 Å². The minimum atomic E-state index is -0.511. The first-order valence-corrected chi connectivity index (χ1v) is 4.60. The molecule has 76 valence electrons. The molecule has 0 saturated heterocycles. The topological polar surface area (TPSA) is 52.1 Å². The normalized spacial score (nSPS) is 10.3. The Hall–Kier alpha value is -1.68. The smallest absolute Gasteiger partial charge is 0.356 e. The highest BCUT2D eigenvalue weighted by Gasteiger charge is 2.11. The fraction of sp³-hybridized carbons (Fsp3) is 0.100. The van der Waals surface area contributed by atoms with E-state index in [1.807, 2.05) is 6.07 Å². The molecule has 2 aromatic heterocycles. The lowest BCUT2D eigenvalue weighted by molar-refractivity contribution is 0.0594. The number of nitrogens with zero attached hydrogens (tertiary/aromatic N) is 2. The van der Waals surface area contributed by atoms with E-state index in [0.29, 0.717) is 5.52 Å². The standard InChI is InChI=1S/C10H7ClN2O2/c1-15-10(14)7-5-6-3-2-4-12-8(6)9(11)13-7/h2-5H,1H3. The summed E-state index contributed by atoms with van der Waals surface area (Å²) in [4.78, 5) is 19.2. The van der Waals surface area contributed by atoms with Crippen molar-refractivity contribution in [1.29, 1.82) is 0 Å². The number of pyridine rings is 2. The summed E-state index contributed by atoms with van der Waals surface area (Å²) in [6.07, 6.45) is 1.62. The summed E-state index contributed by atoms with van der Waals surface area (Å²) >= 11 is 5.88. The Morgan fingerprint density at radius 3 is 3.07 bits per heavy atom. The third-order valence-corrected chi connectivity index (χ3v) is 2.20. The molecular weight excluding hydrogens is 216 g/mol. The number of halogens is 1. The Morgan fingerprint density at radius 1 is 1.53 bits per heavy atom. The summed E-state index contributed by atoms with van der Waals surface area (Å²) in [7, 11) is 1.30. The number of ether oxygens (including phenoxy) is 1. The summed E-state index contributed by atoms with van der Waals surface area (Å²) in [6, 6.07) is 5.17. The molecule has 0 aliphatic rings. The van der Waals surface area contributed by atoms with Gasteiger partial charge in [-0.15, -0.1) is 0 Å². The van der Waals surface area contributed by atoms with Crippen molar-refractivity contribution in [2.75, 3.05) is 7.11 Å². The molecule has 0 fully saturated rings. The van der Waals surface area contributed by atoms with Crippen molar-refractivity contribution in [2.45, 2.75) is 0 Å². The van der Waals surface area contributed by atoms with Crippen LogP contribution in [0.2, 0.25) is 5.15 Å². The summed E-state index contributed by atoms with van der Waals surface area (Å²) < 4.78 is 4.56. The monoisotopic (exact) mass is 222 g/mol. The van der Waals surface area contributed by atoms with Gasteiger partial charge in [-0.2, -0.15) is 0 Å². The number of esters is 1.